The lowest BCUT2D eigenvalue weighted by atomic mass is 9.75. The van der Waals surface area contributed by atoms with Crippen LogP contribution in [-0.4, -0.2) is 23.9 Å². The number of carbonyl (C=O) groups is 1. The Balaban J connectivity index is 1.49. The molecule has 3 rings (SSSR count). The standard InChI is InChI=1S/C17H30ClN3O2/c1-10-7-8-12(11(2)9-10)16-20-21-17(23-16)19-15(22)13-5-3-4-6-14(13)18/h10-14,16-17,20-21H,3-9H2,1-2H3,(H,19,22). The molecule has 0 radical (unpaired) electrons. The van der Waals surface area contributed by atoms with Crippen molar-refractivity contribution >= 4 is 17.5 Å². The zero-order chi connectivity index (χ0) is 16.4. The average Bonchev–Trinajstić information content (AvgIpc) is 2.95. The van der Waals surface area contributed by atoms with E-state index in [1.54, 1.807) is 0 Å². The summed E-state index contributed by atoms with van der Waals surface area (Å²) in [7, 11) is 0. The van der Waals surface area contributed by atoms with Gasteiger partial charge in [0, 0.05) is 11.3 Å². The monoisotopic (exact) mass is 343 g/mol. The Kier molecular flexibility index (Phi) is 5.83. The van der Waals surface area contributed by atoms with Gasteiger partial charge in [-0.1, -0.05) is 33.1 Å². The fraction of sp³-hybridized carbons (Fsp3) is 0.941. The van der Waals surface area contributed by atoms with Crippen LogP contribution in [0.15, 0.2) is 0 Å². The lowest BCUT2D eigenvalue weighted by Gasteiger charge is -2.35. The second-order valence-electron chi connectivity index (χ2n) is 7.70. The van der Waals surface area contributed by atoms with Gasteiger partial charge < -0.3 is 10.1 Å². The number of hydrogen-bond acceptors (Lipinski definition) is 4. The smallest absolute Gasteiger partial charge is 0.227 e. The first-order valence-corrected chi connectivity index (χ1v) is 9.59. The van der Waals surface area contributed by atoms with Crippen LogP contribution in [-0.2, 0) is 9.53 Å². The van der Waals surface area contributed by atoms with Crippen LogP contribution < -0.4 is 16.2 Å². The summed E-state index contributed by atoms with van der Waals surface area (Å²) in [5.41, 5.74) is 6.29. The lowest BCUT2D eigenvalue weighted by Crippen LogP contribution is -2.49. The quantitative estimate of drug-likeness (QED) is 0.689. The molecule has 3 aliphatic rings. The summed E-state index contributed by atoms with van der Waals surface area (Å²) in [6, 6.07) is 0. The predicted octanol–water partition coefficient (Wildman–Crippen LogP) is 2.71. The number of amides is 1. The normalized spacial score (nSPS) is 44.9. The van der Waals surface area contributed by atoms with Gasteiger partial charge in [-0.3, -0.25) is 4.79 Å². The molecule has 7 unspecified atom stereocenters. The maximum Gasteiger partial charge on any atom is 0.227 e. The van der Waals surface area contributed by atoms with E-state index >= 15 is 0 Å². The number of halogens is 1. The first-order valence-electron chi connectivity index (χ1n) is 9.15. The van der Waals surface area contributed by atoms with Crippen molar-refractivity contribution in [2.45, 2.75) is 76.8 Å². The highest BCUT2D eigenvalue weighted by Crippen LogP contribution is 2.36. The molecule has 2 aliphatic carbocycles. The van der Waals surface area contributed by atoms with Crippen molar-refractivity contribution in [2.75, 3.05) is 0 Å². The summed E-state index contributed by atoms with van der Waals surface area (Å²) in [4.78, 5) is 12.4. The third-order valence-corrected chi connectivity index (χ3v) is 6.34. The zero-order valence-corrected chi connectivity index (χ0v) is 14.9. The van der Waals surface area contributed by atoms with E-state index in [-0.39, 0.29) is 23.4 Å². The molecule has 0 bridgehead atoms. The van der Waals surface area contributed by atoms with Crippen molar-refractivity contribution in [1.82, 2.24) is 16.2 Å². The van der Waals surface area contributed by atoms with E-state index in [9.17, 15) is 4.79 Å². The number of hydrogen-bond donors (Lipinski definition) is 3. The molecule has 2 saturated carbocycles. The van der Waals surface area contributed by atoms with E-state index in [1.165, 1.54) is 19.3 Å². The van der Waals surface area contributed by atoms with Crippen LogP contribution in [0.5, 0.6) is 0 Å². The molecule has 3 fully saturated rings. The Morgan fingerprint density at radius 2 is 1.91 bits per heavy atom. The van der Waals surface area contributed by atoms with Crippen molar-refractivity contribution < 1.29 is 9.53 Å². The fourth-order valence-electron chi connectivity index (χ4n) is 4.41. The summed E-state index contributed by atoms with van der Waals surface area (Å²) in [6.07, 6.45) is 7.21. The van der Waals surface area contributed by atoms with Crippen LogP contribution in [0.4, 0.5) is 0 Å². The highest BCUT2D eigenvalue weighted by atomic mass is 35.5. The van der Waals surface area contributed by atoms with E-state index < -0.39 is 6.35 Å². The predicted molar refractivity (Wildman–Crippen MR) is 90.3 cm³/mol. The summed E-state index contributed by atoms with van der Waals surface area (Å²) in [5, 5.41) is 2.91. The number of nitrogens with one attached hydrogen (secondary N) is 3. The van der Waals surface area contributed by atoms with Crippen molar-refractivity contribution in [3.8, 4) is 0 Å². The zero-order valence-electron chi connectivity index (χ0n) is 14.2. The molecular weight excluding hydrogens is 314 g/mol. The van der Waals surface area contributed by atoms with Gasteiger partial charge in [0.2, 0.25) is 12.3 Å². The minimum Gasteiger partial charge on any atom is -0.324 e. The summed E-state index contributed by atoms with van der Waals surface area (Å²) in [6.45, 7) is 4.63. The van der Waals surface area contributed by atoms with Crippen LogP contribution in [0.1, 0.15) is 58.8 Å². The van der Waals surface area contributed by atoms with Gasteiger partial charge in [0.05, 0.1) is 5.92 Å². The highest BCUT2D eigenvalue weighted by molar-refractivity contribution is 6.22. The third-order valence-electron chi connectivity index (χ3n) is 5.82. The molecule has 0 spiro atoms. The van der Waals surface area contributed by atoms with Gasteiger partial charge >= 0.3 is 0 Å². The largest absolute Gasteiger partial charge is 0.324 e. The summed E-state index contributed by atoms with van der Waals surface area (Å²) < 4.78 is 6.01. The van der Waals surface area contributed by atoms with Gasteiger partial charge in [0.1, 0.15) is 6.23 Å². The maximum atomic E-state index is 12.4. The second kappa shape index (κ2) is 7.68. The highest BCUT2D eigenvalue weighted by Gasteiger charge is 2.38. The van der Waals surface area contributed by atoms with Gasteiger partial charge in [0.25, 0.3) is 0 Å². The Bertz CT molecular complexity index is 423. The first kappa shape index (κ1) is 17.5. The molecule has 1 amide bonds. The molecule has 5 nitrogen and oxygen atoms in total. The molecule has 1 heterocycles. The molecule has 23 heavy (non-hydrogen) atoms. The van der Waals surface area contributed by atoms with E-state index in [1.807, 2.05) is 0 Å². The van der Waals surface area contributed by atoms with Gasteiger partial charge in [-0.2, -0.15) is 0 Å². The van der Waals surface area contributed by atoms with Crippen LogP contribution in [0, 0.1) is 23.7 Å². The third kappa shape index (κ3) is 4.19. The molecule has 1 aliphatic heterocycles. The molecule has 6 heteroatoms. The van der Waals surface area contributed by atoms with Gasteiger partial charge in [-0.15, -0.1) is 11.6 Å². The Morgan fingerprint density at radius 1 is 1.13 bits per heavy atom. The minimum absolute atomic E-state index is 0.00923. The van der Waals surface area contributed by atoms with Crippen molar-refractivity contribution in [2.24, 2.45) is 23.7 Å². The molecule has 0 aromatic carbocycles. The van der Waals surface area contributed by atoms with E-state index in [0.29, 0.717) is 11.8 Å². The van der Waals surface area contributed by atoms with Crippen LogP contribution in [0.2, 0.25) is 0 Å². The van der Waals surface area contributed by atoms with Gasteiger partial charge in [-0.05, 0) is 37.5 Å². The van der Waals surface area contributed by atoms with Crippen molar-refractivity contribution in [3.63, 3.8) is 0 Å². The van der Waals surface area contributed by atoms with Crippen molar-refractivity contribution in [3.05, 3.63) is 0 Å². The number of ether oxygens (including phenoxy) is 1. The summed E-state index contributed by atoms with van der Waals surface area (Å²) >= 11 is 6.31. The fourth-order valence-corrected chi connectivity index (χ4v) is 4.80. The first-order chi connectivity index (χ1) is 11.0. The van der Waals surface area contributed by atoms with E-state index in [4.69, 9.17) is 16.3 Å². The number of hydrazine groups is 1. The Morgan fingerprint density at radius 3 is 2.65 bits per heavy atom. The van der Waals surface area contributed by atoms with Gasteiger partial charge in [-0.25, -0.2) is 10.9 Å². The van der Waals surface area contributed by atoms with Crippen molar-refractivity contribution in [1.29, 1.82) is 0 Å². The molecule has 132 valence electrons. The minimum atomic E-state index is -0.454. The topological polar surface area (TPSA) is 62.4 Å². The molecule has 3 N–H and O–H groups in total. The van der Waals surface area contributed by atoms with Crippen LogP contribution in [0.25, 0.3) is 0 Å². The molecule has 0 aromatic rings. The Hall–Kier alpha value is -0.360. The van der Waals surface area contributed by atoms with Gasteiger partial charge in [0.15, 0.2) is 0 Å². The molecule has 0 aromatic heterocycles. The van der Waals surface area contributed by atoms with E-state index in [0.717, 1.165) is 31.6 Å². The van der Waals surface area contributed by atoms with E-state index in [2.05, 4.69) is 30.0 Å². The molecule has 7 atom stereocenters. The lowest BCUT2D eigenvalue weighted by molar-refractivity contribution is -0.131. The maximum absolute atomic E-state index is 12.4. The second-order valence-corrected chi connectivity index (χ2v) is 8.26. The molecule has 1 saturated heterocycles. The average molecular weight is 344 g/mol. The number of carbonyl (C=O) groups excluding carboxylic acids is 1. The Labute approximate surface area is 144 Å². The number of rotatable bonds is 3. The van der Waals surface area contributed by atoms with Crippen LogP contribution >= 0.6 is 11.6 Å². The SMILES string of the molecule is CC1CCC(C2NNC(NC(=O)C3CCCCC3Cl)O2)C(C)C1. The molecular formula is C17H30ClN3O2. The summed E-state index contributed by atoms with van der Waals surface area (Å²) in [5.74, 6) is 1.85. The van der Waals surface area contributed by atoms with Crippen LogP contribution in [0.3, 0.4) is 0 Å². The number of alkyl halides is 1.